The molecule has 1 saturated heterocycles. The fraction of sp³-hybridized carbons (Fsp3) is 0.409. The third kappa shape index (κ3) is 5.35. The van der Waals surface area contributed by atoms with Crippen molar-refractivity contribution in [2.75, 3.05) is 32.5 Å². The van der Waals surface area contributed by atoms with Crippen molar-refractivity contribution in [1.29, 1.82) is 5.26 Å². The van der Waals surface area contributed by atoms with Gasteiger partial charge in [0, 0.05) is 43.9 Å². The molecule has 0 N–H and O–H groups in total. The predicted molar refractivity (Wildman–Crippen MR) is 109 cm³/mol. The van der Waals surface area contributed by atoms with E-state index in [4.69, 9.17) is 10.00 Å². The fourth-order valence-electron chi connectivity index (χ4n) is 3.80. The van der Waals surface area contributed by atoms with Crippen LogP contribution in [0.4, 0.5) is 8.78 Å². The number of hydrogen-bond acceptors (Lipinski definition) is 5. The summed E-state index contributed by atoms with van der Waals surface area (Å²) in [6.07, 6.45) is 1.60. The standard InChI is InChI=1S/C22H24F2N2O3S/c1-15-12-26(7-6-16-4-3-5-17(8-16)11-25)13-18(15)14-29-19-9-20(23)22(21(24)10-19)30(2,27)28/h3-5,8-10,15,18H,6-7,12-14H2,1-2H3/t15-,18+/m1/s1. The van der Waals surface area contributed by atoms with Crippen LogP contribution >= 0.6 is 0 Å². The van der Waals surface area contributed by atoms with Crippen LogP contribution in [0.3, 0.4) is 0 Å². The van der Waals surface area contributed by atoms with Gasteiger partial charge in [0.1, 0.15) is 22.3 Å². The molecule has 30 heavy (non-hydrogen) atoms. The maximum Gasteiger partial charge on any atom is 0.181 e. The number of rotatable bonds is 7. The molecular formula is C22H24F2N2O3S. The zero-order valence-corrected chi connectivity index (χ0v) is 17.8. The van der Waals surface area contributed by atoms with E-state index in [1.54, 1.807) is 6.07 Å². The normalized spacial score (nSPS) is 19.6. The molecule has 0 saturated carbocycles. The van der Waals surface area contributed by atoms with Gasteiger partial charge in [0.2, 0.25) is 0 Å². The van der Waals surface area contributed by atoms with E-state index in [9.17, 15) is 17.2 Å². The molecule has 0 amide bonds. The molecule has 1 aliphatic heterocycles. The Morgan fingerprint density at radius 3 is 2.53 bits per heavy atom. The summed E-state index contributed by atoms with van der Waals surface area (Å²) in [4.78, 5) is 1.38. The molecule has 0 radical (unpaired) electrons. The minimum absolute atomic E-state index is 0.0173. The van der Waals surface area contributed by atoms with E-state index in [1.807, 2.05) is 18.2 Å². The SMILES string of the molecule is C[C@@H]1CN(CCc2cccc(C#N)c2)C[C@H]1COc1cc(F)c(S(C)(=O)=O)c(F)c1. The molecule has 2 aromatic carbocycles. The largest absolute Gasteiger partial charge is 0.493 e. The smallest absolute Gasteiger partial charge is 0.181 e. The van der Waals surface area contributed by atoms with E-state index in [-0.39, 0.29) is 11.7 Å². The fourth-order valence-corrected chi connectivity index (χ4v) is 4.63. The lowest BCUT2D eigenvalue weighted by molar-refractivity contribution is 0.223. The highest BCUT2D eigenvalue weighted by atomic mass is 32.2. The highest BCUT2D eigenvalue weighted by Crippen LogP contribution is 2.27. The summed E-state index contributed by atoms with van der Waals surface area (Å²) in [5, 5.41) is 9.00. The van der Waals surface area contributed by atoms with Crippen molar-refractivity contribution in [3.05, 3.63) is 59.2 Å². The molecule has 0 aliphatic carbocycles. The highest BCUT2D eigenvalue weighted by Gasteiger charge is 2.30. The van der Waals surface area contributed by atoms with Crippen LogP contribution in [0.2, 0.25) is 0 Å². The van der Waals surface area contributed by atoms with Gasteiger partial charge in [-0.05, 0) is 30.0 Å². The lowest BCUT2D eigenvalue weighted by Gasteiger charge is -2.17. The third-order valence-electron chi connectivity index (χ3n) is 5.42. The number of benzene rings is 2. The summed E-state index contributed by atoms with van der Waals surface area (Å²) in [5.74, 6) is -1.77. The van der Waals surface area contributed by atoms with Crippen LogP contribution in [0.25, 0.3) is 0 Å². The van der Waals surface area contributed by atoms with Crippen LogP contribution in [0, 0.1) is 34.8 Å². The van der Waals surface area contributed by atoms with Crippen LogP contribution < -0.4 is 4.74 Å². The molecule has 0 aromatic heterocycles. The van der Waals surface area contributed by atoms with Gasteiger partial charge in [-0.3, -0.25) is 0 Å². The van der Waals surface area contributed by atoms with Gasteiger partial charge in [0.05, 0.1) is 18.2 Å². The molecule has 0 bridgehead atoms. The summed E-state index contributed by atoms with van der Waals surface area (Å²) < 4.78 is 56.6. The van der Waals surface area contributed by atoms with Crippen molar-refractivity contribution in [3.63, 3.8) is 0 Å². The Morgan fingerprint density at radius 2 is 1.90 bits per heavy atom. The Kier molecular flexibility index (Phi) is 6.74. The van der Waals surface area contributed by atoms with Gasteiger partial charge in [0.25, 0.3) is 0 Å². The first kappa shape index (κ1) is 22.2. The van der Waals surface area contributed by atoms with Crippen LogP contribution in [-0.2, 0) is 16.3 Å². The second-order valence-electron chi connectivity index (χ2n) is 7.86. The summed E-state index contributed by atoms with van der Waals surface area (Å²) >= 11 is 0. The van der Waals surface area contributed by atoms with E-state index in [2.05, 4.69) is 17.9 Å². The summed E-state index contributed by atoms with van der Waals surface area (Å²) in [6.45, 7) is 4.94. The lowest BCUT2D eigenvalue weighted by Crippen LogP contribution is -2.24. The summed E-state index contributed by atoms with van der Waals surface area (Å²) in [6, 6.07) is 11.5. The van der Waals surface area contributed by atoms with Crippen molar-refractivity contribution < 1.29 is 21.9 Å². The zero-order valence-electron chi connectivity index (χ0n) is 16.9. The Hall–Kier alpha value is -2.50. The number of halogens is 2. The average molecular weight is 435 g/mol. The van der Waals surface area contributed by atoms with Crippen LogP contribution in [0.5, 0.6) is 5.75 Å². The molecule has 8 heteroatoms. The van der Waals surface area contributed by atoms with Crippen molar-refractivity contribution in [2.24, 2.45) is 11.8 Å². The molecule has 2 aromatic rings. The number of hydrogen-bond donors (Lipinski definition) is 0. The van der Waals surface area contributed by atoms with Gasteiger partial charge in [-0.25, -0.2) is 17.2 Å². The number of nitriles is 1. The van der Waals surface area contributed by atoms with Crippen molar-refractivity contribution >= 4 is 9.84 Å². The minimum atomic E-state index is -3.99. The second-order valence-corrected chi connectivity index (χ2v) is 9.81. The van der Waals surface area contributed by atoms with Crippen molar-refractivity contribution in [2.45, 2.75) is 18.2 Å². The molecule has 3 rings (SSSR count). The topological polar surface area (TPSA) is 70.4 Å². The van der Waals surface area contributed by atoms with Crippen molar-refractivity contribution in [3.8, 4) is 11.8 Å². The van der Waals surface area contributed by atoms with Gasteiger partial charge < -0.3 is 9.64 Å². The summed E-state index contributed by atoms with van der Waals surface area (Å²) in [5.41, 5.74) is 1.76. The monoisotopic (exact) mass is 434 g/mol. The number of likely N-dealkylation sites (tertiary alicyclic amines) is 1. The Morgan fingerprint density at radius 1 is 1.20 bits per heavy atom. The lowest BCUT2D eigenvalue weighted by atomic mass is 9.99. The van der Waals surface area contributed by atoms with Gasteiger partial charge in [0.15, 0.2) is 9.84 Å². The van der Waals surface area contributed by atoms with E-state index in [0.717, 1.165) is 50.0 Å². The number of ether oxygens (including phenoxy) is 1. The molecule has 0 unspecified atom stereocenters. The van der Waals surface area contributed by atoms with E-state index in [1.165, 1.54) is 0 Å². The number of nitrogens with zero attached hydrogens (tertiary/aromatic N) is 2. The van der Waals surface area contributed by atoms with Crippen LogP contribution in [-0.4, -0.2) is 45.8 Å². The van der Waals surface area contributed by atoms with E-state index >= 15 is 0 Å². The first-order chi connectivity index (χ1) is 14.2. The molecule has 1 aliphatic rings. The third-order valence-corrected chi connectivity index (χ3v) is 6.55. The molecule has 5 nitrogen and oxygen atoms in total. The van der Waals surface area contributed by atoms with E-state index < -0.39 is 26.4 Å². The van der Waals surface area contributed by atoms with Gasteiger partial charge >= 0.3 is 0 Å². The van der Waals surface area contributed by atoms with Gasteiger partial charge in [-0.15, -0.1) is 0 Å². The second kappa shape index (κ2) is 9.11. The maximum atomic E-state index is 14.0. The maximum absolute atomic E-state index is 14.0. The van der Waals surface area contributed by atoms with E-state index in [0.29, 0.717) is 18.1 Å². The summed E-state index contributed by atoms with van der Waals surface area (Å²) in [7, 11) is -3.99. The molecule has 2 atom stereocenters. The minimum Gasteiger partial charge on any atom is -0.493 e. The molecular weight excluding hydrogens is 410 g/mol. The number of sulfone groups is 1. The zero-order chi connectivity index (χ0) is 21.9. The average Bonchev–Trinajstić information content (AvgIpc) is 3.03. The van der Waals surface area contributed by atoms with Crippen LogP contribution in [0.15, 0.2) is 41.3 Å². The molecule has 1 heterocycles. The highest BCUT2D eigenvalue weighted by molar-refractivity contribution is 7.90. The first-order valence-corrected chi connectivity index (χ1v) is 11.6. The molecule has 1 fully saturated rings. The predicted octanol–water partition coefficient (Wildman–Crippen LogP) is 3.43. The quantitative estimate of drug-likeness (QED) is 0.668. The first-order valence-electron chi connectivity index (χ1n) is 9.70. The van der Waals surface area contributed by atoms with Crippen molar-refractivity contribution in [1.82, 2.24) is 4.90 Å². The van der Waals surface area contributed by atoms with Gasteiger partial charge in [-0.1, -0.05) is 19.1 Å². The van der Waals surface area contributed by atoms with Crippen LogP contribution in [0.1, 0.15) is 18.1 Å². The molecule has 160 valence electrons. The Labute approximate surface area is 175 Å². The van der Waals surface area contributed by atoms with Gasteiger partial charge in [-0.2, -0.15) is 5.26 Å². The Balaban J connectivity index is 1.56. The molecule has 0 spiro atoms. The Bertz CT molecular complexity index is 1040.